The first-order chi connectivity index (χ1) is 8.20. The van der Waals surface area contributed by atoms with Gasteiger partial charge in [-0.1, -0.05) is 6.42 Å². The molecule has 0 aromatic carbocycles. The molecule has 0 spiro atoms. The van der Waals surface area contributed by atoms with Crippen LogP contribution < -0.4 is 5.32 Å². The Morgan fingerprint density at radius 2 is 2.00 bits per heavy atom. The second-order valence-corrected chi connectivity index (χ2v) is 6.42. The van der Waals surface area contributed by atoms with Crippen LogP contribution in [0.25, 0.3) is 0 Å². The molecule has 3 aliphatic carbocycles. The second-order valence-electron chi connectivity index (χ2n) is 6.42. The van der Waals surface area contributed by atoms with Crippen molar-refractivity contribution in [3.05, 3.63) is 0 Å². The van der Waals surface area contributed by atoms with Gasteiger partial charge in [-0.15, -0.1) is 0 Å². The molecule has 0 aromatic rings. The number of carboxylic acid groups (broad SMARTS) is 1. The summed E-state index contributed by atoms with van der Waals surface area (Å²) in [6.07, 6.45) is 9.64. The number of nitrogens with one attached hydrogen (secondary N) is 1. The fourth-order valence-electron chi connectivity index (χ4n) is 3.53. The summed E-state index contributed by atoms with van der Waals surface area (Å²) < 4.78 is 0. The molecule has 3 aliphatic rings. The van der Waals surface area contributed by atoms with Crippen molar-refractivity contribution in [1.29, 1.82) is 0 Å². The molecule has 3 saturated carbocycles. The molecule has 2 atom stereocenters. The molecule has 0 amide bonds. The fraction of sp³-hybridized carbons (Fsp3) is 0.929. The van der Waals surface area contributed by atoms with Gasteiger partial charge in [0.05, 0.1) is 5.92 Å². The normalized spacial score (nSPS) is 35.5. The third-order valence-corrected chi connectivity index (χ3v) is 5.10. The van der Waals surface area contributed by atoms with Gasteiger partial charge < -0.3 is 10.4 Å². The van der Waals surface area contributed by atoms with E-state index in [2.05, 4.69) is 5.32 Å². The summed E-state index contributed by atoms with van der Waals surface area (Å²) >= 11 is 0. The lowest BCUT2D eigenvalue weighted by atomic mass is 9.85. The maximum Gasteiger partial charge on any atom is 0.306 e. The Hall–Kier alpha value is -0.570. The van der Waals surface area contributed by atoms with Gasteiger partial charge in [-0.05, 0) is 56.3 Å². The van der Waals surface area contributed by atoms with Crippen LogP contribution in [0.1, 0.15) is 51.4 Å². The molecular weight excluding hydrogens is 214 g/mol. The molecule has 0 aliphatic heterocycles. The van der Waals surface area contributed by atoms with E-state index in [1.165, 1.54) is 32.1 Å². The first-order valence-electron chi connectivity index (χ1n) is 7.16. The number of aliphatic carboxylic acids is 1. The Morgan fingerprint density at radius 3 is 2.59 bits per heavy atom. The van der Waals surface area contributed by atoms with E-state index in [4.69, 9.17) is 5.11 Å². The molecule has 17 heavy (non-hydrogen) atoms. The Balaban J connectivity index is 1.46. The van der Waals surface area contributed by atoms with E-state index in [1.807, 2.05) is 0 Å². The van der Waals surface area contributed by atoms with Crippen molar-refractivity contribution in [3.63, 3.8) is 0 Å². The Morgan fingerprint density at radius 1 is 1.24 bits per heavy atom. The topological polar surface area (TPSA) is 49.3 Å². The molecular formula is C14H23NO2. The van der Waals surface area contributed by atoms with Crippen molar-refractivity contribution in [1.82, 2.24) is 5.32 Å². The molecule has 0 saturated heterocycles. The Kier molecular flexibility index (Phi) is 2.89. The summed E-state index contributed by atoms with van der Waals surface area (Å²) in [5.41, 5.74) is 0.635. The third-order valence-electron chi connectivity index (χ3n) is 5.10. The van der Waals surface area contributed by atoms with Gasteiger partial charge in [0.2, 0.25) is 0 Å². The van der Waals surface area contributed by atoms with E-state index < -0.39 is 5.97 Å². The Bertz CT molecular complexity index is 307. The van der Waals surface area contributed by atoms with Gasteiger partial charge in [-0.25, -0.2) is 0 Å². The van der Waals surface area contributed by atoms with Crippen LogP contribution in [0.2, 0.25) is 0 Å². The van der Waals surface area contributed by atoms with Crippen LogP contribution in [-0.4, -0.2) is 23.7 Å². The minimum absolute atomic E-state index is 0.0997. The lowest BCUT2D eigenvalue weighted by Gasteiger charge is -2.29. The summed E-state index contributed by atoms with van der Waals surface area (Å²) in [6, 6.07) is 0.459. The van der Waals surface area contributed by atoms with E-state index in [0.717, 1.165) is 31.7 Å². The predicted molar refractivity (Wildman–Crippen MR) is 65.8 cm³/mol. The van der Waals surface area contributed by atoms with Crippen LogP contribution in [0.5, 0.6) is 0 Å². The zero-order valence-electron chi connectivity index (χ0n) is 10.5. The van der Waals surface area contributed by atoms with Crippen molar-refractivity contribution in [2.24, 2.45) is 17.3 Å². The summed E-state index contributed by atoms with van der Waals surface area (Å²) in [7, 11) is 0. The quantitative estimate of drug-likeness (QED) is 0.772. The first kappa shape index (κ1) is 11.5. The van der Waals surface area contributed by atoms with Gasteiger partial charge in [0, 0.05) is 12.6 Å². The smallest absolute Gasteiger partial charge is 0.306 e. The van der Waals surface area contributed by atoms with Gasteiger partial charge in [-0.2, -0.15) is 0 Å². The van der Waals surface area contributed by atoms with Crippen LogP contribution in [0.3, 0.4) is 0 Å². The first-order valence-corrected chi connectivity index (χ1v) is 7.16. The lowest BCUT2D eigenvalue weighted by Crippen LogP contribution is -2.39. The van der Waals surface area contributed by atoms with Gasteiger partial charge in [0.25, 0.3) is 0 Å². The highest BCUT2D eigenvalue weighted by molar-refractivity contribution is 5.70. The zero-order chi connectivity index (χ0) is 11.9. The summed E-state index contributed by atoms with van der Waals surface area (Å²) in [5.74, 6) is 0.297. The minimum Gasteiger partial charge on any atom is -0.481 e. The molecule has 2 unspecified atom stereocenters. The molecule has 2 N–H and O–H groups in total. The van der Waals surface area contributed by atoms with Gasteiger partial charge in [0.1, 0.15) is 0 Å². The van der Waals surface area contributed by atoms with Crippen LogP contribution in [-0.2, 0) is 4.79 Å². The van der Waals surface area contributed by atoms with E-state index in [1.54, 1.807) is 0 Å². The van der Waals surface area contributed by atoms with Crippen LogP contribution in [0, 0.1) is 17.3 Å². The van der Waals surface area contributed by atoms with Crippen molar-refractivity contribution in [2.45, 2.75) is 57.4 Å². The highest BCUT2D eigenvalue weighted by Crippen LogP contribution is 2.60. The van der Waals surface area contributed by atoms with Gasteiger partial charge >= 0.3 is 5.97 Å². The standard InChI is InChI=1S/C14H23NO2/c16-13(17)10-2-1-3-12(8-10)15-9-14(6-7-14)11-4-5-11/h10-12,15H,1-9H2,(H,16,17). The van der Waals surface area contributed by atoms with Crippen molar-refractivity contribution in [3.8, 4) is 0 Å². The average Bonchev–Trinajstić information content (AvgIpc) is 3.17. The van der Waals surface area contributed by atoms with Crippen LogP contribution in [0.4, 0.5) is 0 Å². The maximum atomic E-state index is 11.0. The average molecular weight is 237 g/mol. The highest BCUT2D eigenvalue weighted by atomic mass is 16.4. The predicted octanol–water partition coefficient (Wildman–Crippen LogP) is 2.41. The molecule has 3 fully saturated rings. The number of rotatable bonds is 5. The summed E-state index contributed by atoms with van der Waals surface area (Å²) in [4.78, 5) is 11.0. The molecule has 3 rings (SSSR count). The maximum absolute atomic E-state index is 11.0. The second kappa shape index (κ2) is 4.27. The monoisotopic (exact) mass is 237 g/mol. The third kappa shape index (κ3) is 2.49. The lowest BCUT2D eigenvalue weighted by molar-refractivity contribution is -0.143. The molecule has 96 valence electrons. The van der Waals surface area contributed by atoms with E-state index >= 15 is 0 Å². The summed E-state index contributed by atoms with van der Waals surface area (Å²) in [5, 5.41) is 12.7. The minimum atomic E-state index is -0.597. The molecule has 3 heteroatoms. The van der Waals surface area contributed by atoms with E-state index in [0.29, 0.717) is 11.5 Å². The number of hydrogen-bond donors (Lipinski definition) is 2. The Labute approximate surface area is 103 Å². The zero-order valence-corrected chi connectivity index (χ0v) is 10.5. The SMILES string of the molecule is O=C(O)C1CCCC(NCC2(C3CC3)CC2)C1. The largest absolute Gasteiger partial charge is 0.481 e. The fourth-order valence-corrected chi connectivity index (χ4v) is 3.53. The molecule has 0 aromatic heterocycles. The number of carbonyl (C=O) groups is 1. The van der Waals surface area contributed by atoms with Crippen molar-refractivity contribution >= 4 is 5.97 Å². The van der Waals surface area contributed by atoms with Crippen molar-refractivity contribution in [2.75, 3.05) is 6.54 Å². The molecule has 3 nitrogen and oxygen atoms in total. The molecule has 0 bridgehead atoms. The number of carboxylic acids is 1. The number of hydrogen-bond acceptors (Lipinski definition) is 2. The summed E-state index contributed by atoms with van der Waals surface area (Å²) in [6.45, 7) is 1.15. The van der Waals surface area contributed by atoms with E-state index in [-0.39, 0.29) is 5.92 Å². The molecule has 0 radical (unpaired) electrons. The van der Waals surface area contributed by atoms with Gasteiger partial charge in [0.15, 0.2) is 0 Å². The van der Waals surface area contributed by atoms with Gasteiger partial charge in [-0.3, -0.25) is 4.79 Å². The van der Waals surface area contributed by atoms with Crippen LogP contribution in [0.15, 0.2) is 0 Å². The molecule has 0 heterocycles. The van der Waals surface area contributed by atoms with E-state index in [9.17, 15) is 4.79 Å². The van der Waals surface area contributed by atoms with Crippen LogP contribution >= 0.6 is 0 Å². The highest BCUT2D eigenvalue weighted by Gasteiger charge is 2.53. The van der Waals surface area contributed by atoms with Crippen molar-refractivity contribution < 1.29 is 9.90 Å².